The molecule has 0 aliphatic heterocycles. The Kier molecular flexibility index (Phi) is 11.2. The molecule has 0 saturated carbocycles. The smallest absolute Gasteiger partial charge is 0.279 e. The van der Waals surface area contributed by atoms with Crippen LogP contribution >= 0.6 is 0 Å². The van der Waals surface area contributed by atoms with Crippen molar-refractivity contribution in [3.05, 3.63) is 65.6 Å². The van der Waals surface area contributed by atoms with Gasteiger partial charge in [-0.1, -0.05) is 13.8 Å². The van der Waals surface area contributed by atoms with Gasteiger partial charge in [0.15, 0.2) is 0 Å². The van der Waals surface area contributed by atoms with Crippen molar-refractivity contribution in [1.82, 2.24) is 15.3 Å². The molecule has 0 saturated heterocycles. The third kappa shape index (κ3) is 8.67. The fourth-order valence-corrected chi connectivity index (χ4v) is 4.32. The van der Waals surface area contributed by atoms with Crippen LogP contribution in [-0.2, 0) is 6.42 Å². The normalized spacial score (nSPS) is 13.1. The van der Waals surface area contributed by atoms with Crippen LogP contribution in [-0.4, -0.2) is 58.4 Å². The number of hydrogen-bond acceptors (Lipinski definition) is 6. The maximum Gasteiger partial charge on any atom is 0.279 e. The molecule has 1 aromatic carbocycles. The highest BCUT2D eigenvalue weighted by Gasteiger charge is 2.25. The summed E-state index contributed by atoms with van der Waals surface area (Å²) in [5, 5.41) is 19.1. The van der Waals surface area contributed by atoms with Crippen LogP contribution in [0, 0.1) is 11.6 Å². The zero-order valence-corrected chi connectivity index (χ0v) is 22.7. The Bertz CT molecular complexity index is 1270. The minimum Gasteiger partial charge on any atom is -0.443 e. The molecule has 3 aromatic rings. The lowest BCUT2D eigenvalue weighted by Gasteiger charge is -2.26. The lowest BCUT2D eigenvalue weighted by molar-refractivity contribution is -0.106. The van der Waals surface area contributed by atoms with Crippen molar-refractivity contribution in [2.75, 3.05) is 18.0 Å². The number of aliphatic imine (C=N–C) groups is 1. The van der Waals surface area contributed by atoms with Crippen molar-refractivity contribution in [3.63, 3.8) is 0 Å². The number of rotatable bonds is 15. The Hall–Kier alpha value is -4.19. The van der Waals surface area contributed by atoms with Gasteiger partial charge >= 0.3 is 0 Å². The van der Waals surface area contributed by atoms with E-state index in [4.69, 9.17) is 15.6 Å². The van der Waals surface area contributed by atoms with Gasteiger partial charge in [-0.3, -0.25) is 10.2 Å². The van der Waals surface area contributed by atoms with E-state index in [2.05, 4.69) is 39.0 Å². The highest BCUT2D eigenvalue weighted by Crippen LogP contribution is 2.23. The number of amides is 1. The third-order valence-corrected chi connectivity index (χ3v) is 6.13. The number of nitrogens with two attached hydrogens (primary N) is 2. The predicted molar refractivity (Wildman–Crippen MR) is 149 cm³/mol. The summed E-state index contributed by atoms with van der Waals surface area (Å²) < 4.78 is 33.2. The molecule has 0 radical (unpaired) electrons. The number of aliphatic hydroxyl groups excluding tert-OH is 1. The molecule has 0 bridgehead atoms. The Labute approximate surface area is 231 Å². The lowest BCUT2D eigenvalue weighted by atomic mass is 9.97. The molecule has 2 atom stereocenters. The molecule has 0 fully saturated rings. The summed E-state index contributed by atoms with van der Waals surface area (Å²) in [5.41, 5.74) is 6.69. The van der Waals surface area contributed by atoms with E-state index >= 15 is 0 Å². The number of hydrogen-bond donors (Lipinski definition) is 4. The first-order chi connectivity index (χ1) is 19.2. The Morgan fingerprint density at radius 1 is 1.20 bits per heavy atom. The van der Waals surface area contributed by atoms with E-state index in [1.165, 1.54) is 12.5 Å². The average Bonchev–Trinajstić information content (AvgIpc) is 3.46. The number of aromatic nitrogens is 2. The number of pyridine rings is 1. The van der Waals surface area contributed by atoms with Crippen molar-refractivity contribution in [3.8, 4) is 11.6 Å². The first-order valence-electron chi connectivity index (χ1n) is 13.2. The van der Waals surface area contributed by atoms with Crippen molar-refractivity contribution in [1.29, 1.82) is 0 Å². The maximum absolute atomic E-state index is 13.9. The number of nitrogens with one attached hydrogen (secondary N) is 1. The number of oxazole rings is 1. The van der Waals surface area contributed by atoms with Crippen LogP contribution in [0.2, 0.25) is 0 Å². The molecule has 3 rings (SSSR count). The van der Waals surface area contributed by atoms with Crippen LogP contribution in [0.4, 0.5) is 14.6 Å². The van der Waals surface area contributed by atoms with Gasteiger partial charge in [0.25, 0.3) is 12.2 Å². The second kappa shape index (κ2) is 14.8. The van der Waals surface area contributed by atoms with Crippen LogP contribution in [0.15, 0.2) is 52.2 Å². The van der Waals surface area contributed by atoms with Crippen LogP contribution in [0.25, 0.3) is 11.6 Å². The van der Waals surface area contributed by atoms with Crippen LogP contribution in [0.1, 0.15) is 55.5 Å². The molecule has 1 amide bonds. The summed E-state index contributed by atoms with van der Waals surface area (Å²) in [5.74, 6) is -0.999. The summed E-state index contributed by atoms with van der Waals surface area (Å²) in [7, 11) is 0. The van der Waals surface area contributed by atoms with Crippen LogP contribution < -0.4 is 21.4 Å². The fourth-order valence-electron chi connectivity index (χ4n) is 4.32. The van der Waals surface area contributed by atoms with E-state index in [0.717, 1.165) is 50.5 Å². The SMILES string of the molecule is CCCN(CCC)c1cc(C(=O)NC(Cc2cc(F)cc(F)c2)C(O)CCC(N)=NC=[NH2+])cc(-c2ncco2)n1. The van der Waals surface area contributed by atoms with Crippen LogP contribution in [0.5, 0.6) is 0 Å². The molecular formula is C28H36F2N7O3+. The highest BCUT2D eigenvalue weighted by molar-refractivity contribution is 5.96. The van der Waals surface area contributed by atoms with E-state index in [1.54, 1.807) is 12.1 Å². The summed E-state index contributed by atoms with van der Waals surface area (Å²) in [6.45, 7) is 5.57. The molecule has 214 valence electrons. The van der Waals surface area contributed by atoms with Gasteiger partial charge in [-0.15, -0.1) is 0 Å². The first kappa shape index (κ1) is 30.4. The van der Waals surface area contributed by atoms with E-state index in [9.17, 15) is 18.7 Å². The van der Waals surface area contributed by atoms with E-state index in [0.29, 0.717) is 11.5 Å². The number of nitrogens with zero attached hydrogens (tertiary/aromatic N) is 4. The van der Waals surface area contributed by atoms with E-state index in [-0.39, 0.29) is 42.1 Å². The zero-order valence-electron chi connectivity index (χ0n) is 22.7. The third-order valence-electron chi connectivity index (χ3n) is 6.13. The topological polar surface area (TPSA) is 155 Å². The Morgan fingerprint density at radius 2 is 1.90 bits per heavy atom. The van der Waals surface area contributed by atoms with Gasteiger partial charge < -0.3 is 25.5 Å². The number of benzene rings is 1. The first-order valence-corrected chi connectivity index (χ1v) is 13.2. The van der Waals surface area contributed by atoms with Crippen molar-refractivity contribution in [2.45, 2.75) is 58.1 Å². The van der Waals surface area contributed by atoms with Crippen molar-refractivity contribution < 1.29 is 28.5 Å². The highest BCUT2D eigenvalue weighted by atomic mass is 19.1. The quantitative estimate of drug-likeness (QED) is 0.165. The summed E-state index contributed by atoms with van der Waals surface area (Å²) in [6.07, 6.45) is 4.85. The van der Waals surface area contributed by atoms with Gasteiger partial charge in [0.1, 0.15) is 29.4 Å². The molecular weight excluding hydrogens is 520 g/mol. The second-order valence-corrected chi connectivity index (χ2v) is 9.36. The molecule has 0 aliphatic carbocycles. The molecule has 0 aliphatic rings. The van der Waals surface area contributed by atoms with Gasteiger partial charge in [-0.2, -0.15) is 0 Å². The van der Waals surface area contributed by atoms with E-state index in [1.807, 2.05) is 0 Å². The average molecular weight is 557 g/mol. The predicted octanol–water partition coefficient (Wildman–Crippen LogP) is 2.27. The second-order valence-electron chi connectivity index (χ2n) is 9.36. The maximum atomic E-state index is 13.9. The molecule has 2 heterocycles. The number of halogens is 2. The van der Waals surface area contributed by atoms with Gasteiger partial charge in [0, 0.05) is 31.1 Å². The molecule has 6 N–H and O–H groups in total. The lowest BCUT2D eigenvalue weighted by Crippen LogP contribution is -2.45. The number of carbonyl (C=O) groups excluding carboxylic acids is 1. The van der Waals surface area contributed by atoms with E-state index < -0.39 is 29.7 Å². The van der Waals surface area contributed by atoms with Gasteiger partial charge in [-0.25, -0.2) is 18.7 Å². The molecule has 2 unspecified atom stereocenters. The number of carbonyl (C=O) groups is 1. The van der Waals surface area contributed by atoms with Crippen molar-refractivity contribution >= 4 is 23.9 Å². The van der Waals surface area contributed by atoms with Crippen LogP contribution in [0.3, 0.4) is 0 Å². The fraction of sp³-hybridized carbons (Fsp3) is 0.393. The standard InChI is InChI=1S/C28H35F2N7O3/c1-3-8-37(9-4-2)26-15-19(14-23(35-26)28-33-7-10-40-28)27(39)36-22(24(38)5-6-25(32)34-17-31)13-18-11-20(29)16-21(30)12-18/h7,10-12,14-17,22,24,38H,3-6,8-9,13H2,1-2H3,(H,36,39)(H3,31,32,34)/p+1. The number of anilines is 1. The minimum atomic E-state index is -1.12. The van der Waals surface area contributed by atoms with Gasteiger partial charge in [-0.05, 0) is 60.5 Å². The largest absolute Gasteiger partial charge is 0.443 e. The minimum absolute atomic E-state index is 0.0377. The summed E-state index contributed by atoms with van der Waals surface area (Å²) in [4.78, 5) is 28.3. The number of aliphatic hydroxyl groups is 1. The molecule has 0 spiro atoms. The summed E-state index contributed by atoms with van der Waals surface area (Å²) >= 11 is 0. The molecule has 40 heavy (non-hydrogen) atoms. The number of amidine groups is 1. The summed E-state index contributed by atoms with van der Waals surface area (Å²) in [6, 6.07) is 5.38. The molecule has 10 nitrogen and oxygen atoms in total. The molecule has 2 aromatic heterocycles. The Balaban J connectivity index is 1.95. The van der Waals surface area contributed by atoms with Gasteiger partial charge in [0.05, 0.1) is 18.3 Å². The Morgan fingerprint density at radius 3 is 2.50 bits per heavy atom. The molecule has 12 heteroatoms. The zero-order chi connectivity index (χ0) is 29.1. The monoisotopic (exact) mass is 556 g/mol. The van der Waals surface area contributed by atoms with Gasteiger partial charge in [0.2, 0.25) is 11.7 Å². The van der Waals surface area contributed by atoms with Crippen molar-refractivity contribution in [2.24, 2.45) is 10.7 Å².